The number of hydrogen-bond donors (Lipinski definition) is 2. The molecule has 3 rings (SSSR count). The lowest BCUT2D eigenvalue weighted by Gasteiger charge is -2.10. The fourth-order valence-electron chi connectivity index (χ4n) is 2.32. The summed E-state index contributed by atoms with van der Waals surface area (Å²) in [4.78, 5) is 12.1. The second-order valence-electron chi connectivity index (χ2n) is 5.69. The maximum Gasteiger partial charge on any atom is 0.261 e. The van der Waals surface area contributed by atoms with Crippen molar-refractivity contribution in [3.63, 3.8) is 0 Å². The molecule has 28 heavy (non-hydrogen) atoms. The highest BCUT2D eigenvalue weighted by Crippen LogP contribution is 2.24. The summed E-state index contributed by atoms with van der Waals surface area (Å²) in [7, 11) is -3.92. The second-order valence-corrected chi connectivity index (χ2v) is 7.78. The summed E-state index contributed by atoms with van der Waals surface area (Å²) in [6, 6.07) is 14.1. The van der Waals surface area contributed by atoms with Crippen LogP contribution in [0, 0.1) is 11.6 Å². The Kier molecular flexibility index (Phi) is 5.62. The molecule has 0 spiro atoms. The molecule has 0 unspecified atom stereocenters. The van der Waals surface area contributed by atoms with Crippen LogP contribution in [-0.4, -0.2) is 14.3 Å². The van der Waals surface area contributed by atoms with Gasteiger partial charge in [-0.3, -0.25) is 9.52 Å². The Morgan fingerprint density at radius 1 is 0.893 bits per heavy atom. The molecule has 3 aromatic rings. The minimum absolute atomic E-state index is 0.0862. The van der Waals surface area contributed by atoms with Crippen LogP contribution < -0.4 is 10.0 Å². The standard InChI is InChI=1S/C19H13ClF2N2O3S/c20-15-3-1-2-4-17(15)24-28(26,27)14-8-5-12(6-9-14)19(25)23-18-10-7-13(21)11-16(18)22/h1-11,24H,(H,23,25). The molecule has 0 bridgehead atoms. The third-order valence-corrected chi connectivity index (χ3v) is 5.44. The molecule has 0 saturated heterocycles. The van der Waals surface area contributed by atoms with Gasteiger partial charge in [-0.1, -0.05) is 23.7 Å². The molecule has 2 N–H and O–H groups in total. The number of amides is 1. The maximum atomic E-state index is 13.6. The second kappa shape index (κ2) is 7.95. The molecule has 0 aromatic heterocycles. The van der Waals surface area contributed by atoms with Crippen LogP contribution in [-0.2, 0) is 10.0 Å². The molecular weight excluding hydrogens is 410 g/mol. The van der Waals surface area contributed by atoms with E-state index in [0.717, 1.165) is 12.1 Å². The fraction of sp³-hybridized carbons (Fsp3) is 0. The molecule has 1 amide bonds. The zero-order valence-corrected chi connectivity index (χ0v) is 15.7. The SMILES string of the molecule is O=C(Nc1ccc(F)cc1F)c1ccc(S(=O)(=O)Nc2ccccc2Cl)cc1. The van der Waals surface area contributed by atoms with Crippen LogP contribution in [0.25, 0.3) is 0 Å². The van der Waals surface area contributed by atoms with Crippen LogP contribution in [0.4, 0.5) is 20.2 Å². The zero-order chi connectivity index (χ0) is 20.3. The lowest BCUT2D eigenvalue weighted by molar-refractivity contribution is 0.102. The van der Waals surface area contributed by atoms with Crippen LogP contribution in [0.15, 0.2) is 71.6 Å². The predicted octanol–water partition coefficient (Wildman–Crippen LogP) is 4.67. The van der Waals surface area contributed by atoms with Crippen LogP contribution >= 0.6 is 11.6 Å². The summed E-state index contributed by atoms with van der Waals surface area (Å²) in [5, 5.41) is 2.54. The maximum absolute atomic E-state index is 13.6. The van der Waals surface area contributed by atoms with Gasteiger partial charge in [0.15, 0.2) is 0 Å². The number of sulfonamides is 1. The van der Waals surface area contributed by atoms with Crippen LogP contribution in [0.5, 0.6) is 0 Å². The van der Waals surface area contributed by atoms with E-state index < -0.39 is 27.6 Å². The number of carbonyl (C=O) groups excluding carboxylic acids is 1. The molecule has 5 nitrogen and oxygen atoms in total. The average Bonchev–Trinajstić information content (AvgIpc) is 2.66. The van der Waals surface area contributed by atoms with Crippen LogP contribution in [0.2, 0.25) is 5.02 Å². The number of halogens is 3. The molecule has 0 saturated carbocycles. The average molecular weight is 423 g/mol. The molecule has 0 heterocycles. The van der Waals surface area contributed by atoms with Crippen molar-refractivity contribution in [2.24, 2.45) is 0 Å². The quantitative estimate of drug-likeness (QED) is 0.627. The summed E-state index contributed by atoms with van der Waals surface area (Å²) in [6.45, 7) is 0. The van der Waals surface area contributed by atoms with E-state index in [-0.39, 0.29) is 26.9 Å². The molecule has 0 fully saturated rings. The van der Waals surface area contributed by atoms with Gasteiger partial charge in [0.2, 0.25) is 0 Å². The summed E-state index contributed by atoms with van der Waals surface area (Å²) in [6.07, 6.45) is 0. The highest BCUT2D eigenvalue weighted by molar-refractivity contribution is 7.92. The number of rotatable bonds is 5. The summed E-state index contributed by atoms with van der Waals surface area (Å²) in [5.74, 6) is -2.36. The van der Waals surface area contributed by atoms with Gasteiger partial charge in [0.25, 0.3) is 15.9 Å². The molecule has 9 heteroatoms. The molecule has 0 aliphatic carbocycles. The minimum Gasteiger partial charge on any atom is -0.319 e. The number of benzene rings is 3. The number of hydrogen-bond acceptors (Lipinski definition) is 3. The van der Waals surface area contributed by atoms with Crippen molar-refractivity contribution in [2.75, 3.05) is 10.0 Å². The largest absolute Gasteiger partial charge is 0.319 e. The zero-order valence-electron chi connectivity index (χ0n) is 14.1. The first-order chi connectivity index (χ1) is 13.3. The van der Waals surface area contributed by atoms with E-state index in [1.165, 1.54) is 30.3 Å². The summed E-state index contributed by atoms with van der Waals surface area (Å²) < 4.78 is 53.8. The van der Waals surface area contributed by atoms with Gasteiger partial charge >= 0.3 is 0 Å². The van der Waals surface area contributed by atoms with E-state index in [1.54, 1.807) is 18.2 Å². The molecule has 144 valence electrons. The number of para-hydroxylation sites is 1. The van der Waals surface area contributed by atoms with E-state index in [9.17, 15) is 22.0 Å². The first-order valence-electron chi connectivity index (χ1n) is 7.90. The Hall–Kier alpha value is -2.97. The third kappa shape index (κ3) is 4.47. The fourth-order valence-corrected chi connectivity index (χ4v) is 3.64. The summed E-state index contributed by atoms with van der Waals surface area (Å²) in [5.41, 5.74) is 0.127. The summed E-state index contributed by atoms with van der Waals surface area (Å²) >= 11 is 5.95. The monoisotopic (exact) mass is 422 g/mol. The molecule has 3 aromatic carbocycles. The molecular formula is C19H13ClF2N2O3S. The van der Waals surface area contributed by atoms with E-state index >= 15 is 0 Å². The van der Waals surface area contributed by atoms with Crippen molar-refractivity contribution in [1.82, 2.24) is 0 Å². The Morgan fingerprint density at radius 2 is 1.57 bits per heavy atom. The van der Waals surface area contributed by atoms with Gasteiger partial charge in [-0.2, -0.15) is 0 Å². The van der Waals surface area contributed by atoms with E-state index in [4.69, 9.17) is 11.6 Å². The van der Waals surface area contributed by atoms with Crippen molar-refractivity contribution >= 4 is 38.9 Å². The first kappa shape index (κ1) is 19.8. The lowest BCUT2D eigenvalue weighted by Crippen LogP contribution is -2.15. The van der Waals surface area contributed by atoms with Crippen molar-refractivity contribution in [1.29, 1.82) is 0 Å². The Balaban J connectivity index is 1.77. The molecule has 0 radical (unpaired) electrons. The van der Waals surface area contributed by atoms with Crippen molar-refractivity contribution in [3.05, 3.63) is 89.0 Å². The van der Waals surface area contributed by atoms with Gasteiger partial charge in [0.05, 0.1) is 21.3 Å². The van der Waals surface area contributed by atoms with Gasteiger partial charge in [0.1, 0.15) is 11.6 Å². The molecule has 0 atom stereocenters. The van der Waals surface area contributed by atoms with Gasteiger partial charge in [-0.15, -0.1) is 0 Å². The third-order valence-electron chi connectivity index (χ3n) is 3.72. The molecule has 0 aliphatic rings. The van der Waals surface area contributed by atoms with Gasteiger partial charge in [0, 0.05) is 11.6 Å². The Labute approximate surface area is 165 Å². The van der Waals surface area contributed by atoms with Gasteiger partial charge in [-0.25, -0.2) is 17.2 Å². The van der Waals surface area contributed by atoms with Crippen molar-refractivity contribution < 1.29 is 22.0 Å². The minimum atomic E-state index is -3.92. The smallest absolute Gasteiger partial charge is 0.261 e. The lowest BCUT2D eigenvalue weighted by atomic mass is 10.2. The van der Waals surface area contributed by atoms with Crippen molar-refractivity contribution in [3.8, 4) is 0 Å². The van der Waals surface area contributed by atoms with Crippen LogP contribution in [0.1, 0.15) is 10.4 Å². The number of anilines is 2. The number of nitrogens with one attached hydrogen (secondary N) is 2. The van der Waals surface area contributed by atoms with E-state index in [0.29, 0.717) is 6.07 Å². The van der Waals surface area contributed by atoms with Gasteiger partial charge < -0.3 is 5.32 Å². The van der Waals surface area contributed by atoms with Crippen LogP contribution in [0.3, 0.4) is 0 Å². The predicted molar refractivity (Wildman–Crippen MR) is 103 cm³/mol. The van der Waals surface area contributed by atoms with Crippen molar-refractivity contribution in [2.45, 2.75) is 4.90 Å². The Bertz CT molecular complexity index is 1140. The van der Waals surface area contributed by atoms with Gasteiger partial charge in [-0.05, 0) is 48.5 Å². The topological polar surface area (TPSA) is 75.3 Å². The van der Waals surface area contributed by atoms with E-state index in [1.807, 2.05) is 0 Å². The van der Waals surface area contributed by atoms with E-state index in [2.05, 4.69) is 10.0 Å². The first-order valence-corrected chi connectivity index (χ1v) is 9.76. The normalized spacial score (nSPS) is 11.1. The highest BCUT2D eigenvalue weighted by atomic mass is 35.5. The highest BCUT2D eigenvalue weighted by Gasteiger charge is 2.17. The number of carbonyl (C=O) groups is 1. The molecule has 0 aliphatic heterocycles. The Morgan fingerprint density at radius 3 is 2.21 bits per heavy atom.